The second-order valence-electron chi connectivity index (χ2n) is 6.24. The fourth-order valence-corrected chi connectivity index (χ4v) is 3.49. The van der Waals surface area contributed by atoms with Crippen molar-refractivity contribution in [3.63, 3.8) is 0 Å². The van der Waals surface area contributed by atoms with Crippen LogP contribution in [0.2, 0.25) is 5.02 Å². The highest BCUT2D eigenvalue weighted by molar-refractivity contribution is 6.30. The molecular weight excluding hydrogens is 340 g/mol. The molecule has 0 radical (unpaired) electrons. The second-order valence-corrected chi connectivity index (χ2v) is 6.68. The first-order valence-corrected chi connectivity index (χ1v) is 8.61. The molecule has 7 nitrogen and oxygen atoms in total. The van der Waals surface area contributed by atoms with Crippen LogP contribution in [0.5, 0.6) is 0 Å². The Balaban J connectivity index is 1.55. The molecule has 3 atom stereocenters. The van der Waals surface area contributed by atoms with Crippen LogP contribution in [-0.2, 0) is 4.74 Å². The molecule has 1 fully saturated rings. The Bertz CT molecular complexity index is 880. The number of nitrogen functional groups attached to an aromatic ring is 1. The zero-order valence-corrected chi connectivity index (χ0v) is 14.5. The Morgan fingerprint density at radius 1 is 1.28 bits per heavy atom. The zero-order chi connectivity index (χ0) is 17.4. The van der Waals surface area contributed by atoms with Crippen LogP contribution in [0.3, 0.4) is 0 Å². The van der Waals surface area contributed by atoms with Gasteiger partial charge in [-0.3, -0.25) is 0 Å². The average molecular weight is 359 g/mol. The molecule has 1 saturated heterocycles. The van der Waals surface area contributed by atoms with Gasteiger partial charge in [-0.05, 0) is 30.5 Å². The first-order chi connectivity index (χ1) is 12.2. The molecular formula is C17H19ClN6O. The van der Waals surface area contributed by atoms with Crippen LogP contribution < -0.4 is 11.3 Å². The minimum absolute atomic E-state index is 0.124. The molecule has 0 amide bonds. The van der Waals surface area contributed by atoms with Gasteiger partial charge >= 0.3 is 0 Å². The van der Waals surface area contributed by atoms with Crippen molar-refractivity contribution in [1.82, 2.24) is 19.7 Å². The molecule has 130 valence electrons. The fraction of sp³-hybridized carbons (Fsp3) is 0.353. The number of nitrogens with two attached hydrogens (primary N) is 1. The van der Waals surface area contributed by atoms with Gasteiger partial charge in [0.15, 0.2) is 17.7 Å². The van der Waals surface area contributed by atoms with Crippen LogP contribution in [0.4, 0.5) is 5.82 Å². The van der Waals surface area contributed by atoms with E-state index < -0.39 is 0 Å². The molecule has 8 heteroatoms. The van der Waals surface area contributed by atoms with E-state index in [0.717, 1.165) is 23.3 Å². The second kappa shape index (κ2) is 6.59. The van der Waals surface area contributed by atoms with Gasteiger partial charge in [0.2, 0.25) is 0 Å². The monoisotopic (exact) mass is 358 g/mol. The summed E-state index contributed by atoms with van der Waals surface area (Å²) in [7, 11) is 0. The normalized spacial score (nSPS) is 21.6. The summed E-state index contributed by atoms with van der Waals surface area (Å²) in [6, 6.07) is 7.94. The smallest absolute Gasteiger partial charge is 0.166 e. The number of anilines is 1. The van der Waals surface area contributed by atoms with Crippen molar-refractivity contribution in [3.05, 3.63) is 47.4 Å². The van der Waals surface area contributed by atoms with Crippen LogP contribution in [0.1, 0.15) is 37.5 Å². The lowest BCUT2D eigenvalue weighted by atomic mass is 9.94. The molecule has 1 aromatic carbocycles. The van der Waals surface area contributed by atoms with Crippen molar-refractivity contribution in [3.8, 4) is 0 Å². The van der Waals surface area contributed by atoms with E-state index in [1.807, 2.05) is 16.8 Å². The van der Waals surface area contributed by atoms with E-state index in [0.29, 0.717) is 11.5 Å². The average Bonchev–Trinajstić information content (AvgIpc) is 3.28. The van der Waals surface area contributed by atoms with Crippen molar-refractivity contribution >= 4 is 28.5 Å². The summed E-state index contributed by atoms with van der Waals surface area (Å²) in [6.45, 7) is 2.18. The molecule has 25 heavy (non-hydrogen) atoms. The number of rotatable bonds is 4. The maximum absolute atomic E-state index is 6.29. The highest BCUT2D eigenvalue weighted by Crippen LogP contribution is 2.37. The topological polar surface area (TPSA) is 90.9 Å². The predicted molar refractivity (Wildman–Crippen MR) is 96.1 cm³/mol. The molecule has 1 aliphatic heterocycles. The highest BCUT2D eigenvalue weighted by Gasteiger charge is 2.32. The summed E-state index contributed by atoms with van der Waals surface area (Å²) >= 11 is 5.98. The molecule has 0 spiro atoms. The van der Waals surface area contributed by atoms with Crippen LogP contribution in [0, 0.1) is 0 Å². The SMILES string of the molecule is CC(c1ccc(Cl)cc1)C1CCC(n2ncc3c(NN)ncnc32)O1. The minimum Gasteiger partial charge on any atom is -0.353 e. The van der Waals surface area contributed by atoms with Gasteiger partial charge in [-0.15, -0.1) is 0 Å². The molecule has 3 N–H and O–H groups in total. The molecule has 2 aromatic heterocycles. The summed E-state index contributed by atoms with van der Waals surface area (Å²) < 4.78 is 8.10. The van der Waals surface area contributed by atoms with Gasteiger partial charge in [-0.1, -0.05) is 30.7 Å². The molecule has 3 unspecified atom stereocenters. The summed E-state index contributed by atoms with van der Waals surface area (Å²) in [5.74, 6) is 6.33. The van der Waals surface area contributed by atoms with E-state index in [2.05, 4.69) is 39.5 Å². The molecule has 3 aromatic rings. The standard InChI is InChI=1S/C17H19ClN6O/c1-10(11-2-4-12(18)5-3-11)14-6-7-15(25-14)24-17-13(8-22-24)16(23-19)20-9-21-17/h2-5,8-10,14-15H,6-7,19H2,1H3,(H,20,21,23). The number of ether oxygens (including phenoxy) is 1. The third-order valence-corrected chi connectivity index (χ3v) is 5.04. The molecule has 4 rings (SSSR count). The zero-order valence-electron chi connectivity index (χ0n) is 13.8. The van der Waals surface area contributed by atoms with Crippen LogP contribution >= 0.6 is 11.6 Å². The van der Waals surface area contributed by atoms with Gasteiger partial charge < -0.3 is 10.2 Å². The minimum atomic E-state index is -0.141. The Hall–Kier alpha value is -2.22. The summed E-state index contributed by atoms with van der Waals surface area (Å²) in [5.41, 5.74) is 4.51. The van der Waals surface area contributed by atoms with E-state index in [1.165, 1.54) is 11.9 Å². The maximum Gasteiger partial charge on any atom is 0.166 e. The van der Waals surface area contributed by atoms with Gasteiger partial charge in [0.25, 0.3) is 0 Å². The van der Waals surface area contributed by atoms with E-state index in [-0.39, 0.29) is 18.2 Å². The van der Waals surface area contributed by atoms with E-state index in [9.17, 15) is 0 Å². The number of hydrazine groups is 1. The van der Waals surface area contributed by atoms with Crippen molar-refractivity contribution in [2.24, 2.45) is 5.84 Å². The maximum atomic E-state index is 6.29. The third-order valence-electron chi connectivity index (χ3n) is 4.78. The van der Waals surface area contributed by atoms with E-state index in [1.54, 1.807) is 6.20 Å². The van der Waals surface area contributed by atoms with Crippen molar-refractivity contribution < 1.29 is 4.74 Å². The third kappa shape index (κ3) is 2.95. The number of hydrogen-bond acceptors (Lipinski definition) is 6. The van der Waals surface area contributed by atoms with Gasteiger partial charge in [-0.2, -0.15) is 5.10 Å². The molecule has 0 saturated carbocycles. The van der Waals surface area contributed by atoms with Crippen LogP contribution in [-0.4, -0.2) is 25.9 Å². The fourth-order valence-electron chi connectivity index (χ4n) is 3.36. The summed E-state index contributed by atoms with van der Waals surface area (Å²) in [6.07, 6.45) is 5.01. The van der Waals surface area contributed by atoms with Gasteiger partial charge in [0.1, 0.15) is 6.33 Å². The number of nitrogens with zero attached hydrogens (tertiary/aromatic N) is 4. The molecule has 0 bridgehead atoms. The lowest BCUT2D eigenvalue weighted by Gasteiger charge is -2.21. The van der Waals surface area contributed by atoms with E-state index in [4.69, 9.17) is 22.2 Å². The first-order valence-electron chi connectivity index (χ1n) is 8.23. The van der Waals surface area contributed by atoms with Crippen molar-refractivity contribution in [2.45, 2.75) is 38.0 Å². The molecule has 3 heterocycles. The summed E-state index contributed by atoms with van der Waals surface area (Å²) in [4.78, 5) is 8.43. The molecule has 1 aliphatic rings. The number of hydrogen-bond donors (Lipinski definition) is 2. The van der Waals surface area contributed by atoms with Gasteiger partial charge in [0, 0.05) is 10.9 Å². The Morgan fingerprint density at radius 2 is 2.08 bits per heavy atom. The Morgan fingerprint density at radius 3 is 2.84 bits per heavy atom. The Kier molecular flexibility index (Phi) is 4.29. The number of nitrogens with one attached hydrogen (secondary N) is 1. The number of benzene rings is 1. The predicted octanol–water partition coefficient (Wildman–Crippen LogP) is 3.25. The van der Waals surface area contributed by atoms with Crippen molar-refractivity contribution in [2.75, 3.05) is 5.43 Å². The van der Waals surface area contributed by atoms with Gasteiger partial charge in [0.05, 0.1) is 17.7 Å². The molecule has 0 aliphatic carbocycles. The number of halogens is 1. The summed E-state index contributed by atoms with van der Waals surface area (Å²) in [5, 5.41) is 5.96. The first kappa shape index (κ1) is 16.3. The highest BCUT2D eigenvalue weighted by atomic mass is 35.5. The Labute approximate surface area is 150 Å². The van der Waals surface area contributed by atoms with Crippen LogP contribution in [0.15, 0.2) is 36.8 Å². The van der Waals surface area contributed by atoms with E-state index >= 15 is 0 Å². The largest absolute Gasteiger partial charge is 0.353 e. The van der Waals surface area contributed by atoms with Crippen molar-refractivity contribution in [1.29, 1.82) is 0 Å². The van der Waals surface area contributed by atoms with Gasteiger partial charge in [-0.25, -0.2) is 20.5 Å². The lowest BCUT2D eigenvalue weighted by Crippen LogP contribution is -2.18. The number of fused-ring (bicyclic) bond motifs is 1. The quantitative estimate of drug-likeness (QED) is 0.549. The lowest BCUT2D eigenvalue weighted by molar-refractivity contribution is -0.0124. The van der Waals surface area contributed by atoms with Crippen LogP contribution in [0.25, 0.3) is 11.0 Å². The number of aromatic nitrogens is 4.